The number of carboxylic acid groups (broad SMARTS) is 2. The maximum absolute atomic E-state index is 12.0. The van der Waals surface area contributed by atoms with Crippen LogP contribution in [-0.2, 0) is 32.3 Å². The molecule has 0 N–H and O–H groups in total. The van der Waals surface area contributed by atoms with Crippen molar-refractivity contribution in [2.45, 2.75) is 64.8 Å². The average Bonchev–Trinajstić information content (AvgIpc) is 2.96. The summed E-state index contributed by atoms with van der Waals surface area (Å²) in [6.07, 6.45) is 1.48. The average molecular weight is 553 g/mol. The number of carbonyl (C=O) groups is 4. The topological polar surface area (TPSA) is 139 Å². The van der Waals surface area contributed by atoms with Crippen LogP contribution in [0.1, 0.15) is 50.7 Å². The van der Waals surface area contributed by atoms with Gasteiger partial charge < -0.3 is 39.1 Å². The van der Waals surface area contributed by atoms with Crippen molar-refractivity contribution in [3.05, 3.63) is 71.8 Å². The van der Waals surface area contributed by atoms with Crippen molar-refractivity contribution in [1.29, 1.82) is 0 Å². The fourth-order valence-electron chi connectivity index (χ4n) is 5.04. The minimum absolute atomic E-state index is 0.193. The minimum Gasteiger partial charge on any atom is -0.550 e. The molecule has 10 nitrogen and oxygen atoms in total. The molecular formula is C30H36N2O8-2. The van der Waals surface area contributed by atoms with Crippen LogP contribution in [0.25, 0.3) is 0 Å². The summed E-state index contributed by atoms with van der Waals surface area (Å²) in [4.78, 5) is 49.1. The smallest absolute Gasteiger partial charge is 0.410 e. The Labute approximate surface area is 234 Å². The van der Waals surface area contributed by atoms with Gasteiger partial charge >= 0.3 is 12.2 Å². The molecule has 4 atom stereocenters. The number of amides is 2. The third-order valence-electron chi connectivity index (χ3n) is 7.46. The predicted molar refractivity (Wildman–Crippen MR) is 141 cm³/mol. The highest BCUT2D eigenvalue weighted by Crippen LogP contribution is 2.25. The van der Waals surface area contributed by atoms with Gasteiger partial charge in [0, 0.05) is 48.9 Å². The van der Waals surface area contributed by atoms with Gasteiger partial charge in [-0.15, -0.1) is 0 Å². The number of carboxylic acids is 2. The second kappa shape index (κ2) is 14.9. The molecule has 2 aromatic rings. The monoisotopic (exact) mass is 552 g/mol. The molecule has 4 rings (SSSR count). The van der Waals surface area contributed by atoms with E-state index >= 15 is 0 Å². The van der Waals surface area contributed by atoms with Crippen molar-refractivity contribution in [2.24, 2.45) is 11.8 Å². The van der Waals surface area contributed by atoms with E-state index in [0.29, 0.717) is 38.8 Å². The summed E-state index contributed by atoms with van der Waals surface area (Å²) >= 11 is 0. The number of nitrogens with zero attached hydrogens (tertiary/aromatic N) is 2. The second-order valence-corrected chi connectivity index (χ2v) is 10.1. The minimum atomic E-state index is -1.10. The molecule has 40 heavy (non-hydrogen) atoms. The number of hydrogen-bond donors (Lipinski definition) is 0. The summed E-state index contributed by atoms with van der Waals surface area (Å²) in [6, 6.07) is 18.0. The summed E-state index contributed by atoms with van der Waals surface area (Å²) in [5, 5.41) is 22.0. The highest BCUT2D eigenvalue weighted by atomic mass is 16.6. The van der Waals surface area contributed by atoms with Crippen molar-refractivity contribution in [1.82, 2.24) is 9.80 Å². The molecule has 2 heterocycles. The molecule has 0 bridgehead atoms. The van der Waals surface area contributed by atoms with Gasteiger partial charge in [0.15, 0.2) is 0 Å². The number of piperidine rings is 2. The van der Waals surface area contributed by atoms with Crippen LogP contribution in [0.15, 0.2) is 60.7 Å². The molecular weight excluding hydrogens is 516 g/mol. The Morgan fingerprint density at radius 2 is 1.02 bits per heavy atom. The lowest BCUT2D eigenvalue weighted by atomic mass is 9.91. The molecule has 0 aromatic heterocycles. The quantitative estimate of drug-likeness (QED) is 0.532. The van der Waals surface area contributed by atoms with Gasteiger partial charge in [0.05, 0.1) is 0 Å². The fraction of sp³-hybridized carbons (Fsp3) is 0.467. The fourth-order valence-corrected chi connectivity index (χ4v) is 5.04. The highest BCUT2D eigenvalue weighted by molar-refractivity contribution is 5.73. The number of hydrogen-bond acceptors (Lipinski definition) is 8. The molecule has 0 radical (unpaired) electrons. The van der Waals surface area contributed by atoms with E-state index in [4.69, 9.17) is 9.47 Å². The Bertz CT molecular complexity index is 1040. The molecule has 2 aliphatic rings. The molecule has 2 amide bonds. The van der Waals surface area contributed by atoms with Crippen LogP contribution in [0.3, 0.4) is 0 Å². The predicted octanol–water partition coefficient (Wildman–Crippen LogP) is 2.35. The Hall–Kier alpha value is -4.08. The van der Waals surface area contributed by atoms with Crippen LogP contribution >= 0.6 is 0 Å². The lowest BCUT2D eigenvalue weighted by Crippen LogP contribution is -2.52. The maximum Gasteiger partial charge on any atom is 0.410 e. The second-order valence-electron chi connectivity index (χ2n) is 10.1. The molecule has 10 heteroatoms. The SMILES string of the molecule is C[C@@H]1[C@H](C(=O)[O-])CCCN1C(=O)OCc1ccccc1.C[C@H]1[C@@H](C(=O)[O-])CCCN1C(=O)OCc1ccccc1. The van der Waals surface area contributed by atoms with E-state index in [1.807, 2.05) is 60.7 Å². The first kappa shape index (κ1) is 30.5. The lowest BCUT2D eigenvalue weighted by Gasteiger charge is -2.38. The van der Waals surface area contributed by atoms with Gasteiger partial charge in [-0.25, -0.2) is 9.59 Å². The number of carbonyl (C=O) groups excluding carboxylic acids is 4. The van der Waals surface area contributed by atoms with Crippen LogP contribution in [0, 0.1) is 11.8 Å². The van der Waals surface area contributed by atoms with Crippen LogP contribution in [0.2, 0.25) is 0 Å². The van der Waals surface area contributed by atoms with Crippen molar-refractivity contribution >= 4 is 24.1 Å². The van der Waals surface area contributed by atoms with E-state index < -0.39 is 48.0 Å². The molecule has 2 fully saturated rings. The Balaban J connectivity index is 0.000000220. The van der Waals surface area contributed by atoms with E-state index in [9.17, 15) is 29.4 Å². The van der Waals surface area contributed by atoms with Gasteiger partial charge in [-0.1, -0.05) is 60.7 Å². The summed E-state index contributed by atoms with van der Waals surface area (Å²) < 4.78 is 10.5. The van der Waals surface area contributed by atoms with E-state index in [0.717, 1.165) is 11.1 Å². The van der Waals surface area contributed by atoms with E-state index in [-0.39, 0.29) is 13.2 Å². The van der Waals surface area contributed by atoms with Gasteiger partial charge in [0.25, 0.3) is 0 Å². The van der Waals surface area contributed by atoms with Crippen LogP contribution < -0.4 is 10.2 Å². The van der Waals surface area contributed by atoms with Crippen molar-refractivity contribution in [3.8, 4) is 0 Å². The molecule has 2 saturated heterocycles. The zero-order valence-electron chi connectivity index (χ0n) is 22.9. The van der Waals surface area contributed by atoms with Gasteiger partial charge in [-0.3, -0.25) is 0 Å². The van der Waals surface area contributed by atoms with Crippen molar-refractivity contribution in [3.63, 3.8) is 0 Å². The Morgan fingerprint density at radius 1 is 0.675 bits per heavy atom. The highest BCUT2D eigenvalue weighted by Gasteiger charge is 2.33. The van der Waals surface area contributed by atoms with Crippen molar-refractivity contribution < 1.29 is 38.9 Å². The molecule has 2 aromatic carbocycles. The molecule has 0 spiro atoms. The summed E-state index contributed by atoms with van der Waals surface area (Å²) in [6.45, 7) is 4.89. The molecule has 0 unspecified atom stereocenters. The van der Waals surface area contributed by atoms with Gasteiger partial charge in [-0.2, -0.15) is 0 Å². The third kappa shape index (κ3) is 8.46. The summed E-state index contributed by atoms with van der Waals surface area (Å²) in [7, 11) is 0. The summed E-state index contributed by atoms with van der Waals surface area (Å²) in [5.41, 5.74) is 1.81. The van der Waals surface area contributed by atoms with Crippen molar-refractivity contribution in [2.75, 3.05) is 13.1 Å². The normalized spacial score (nSPS) is 22.4. The molecule has 2 aliphatic heterocycles. The van der Waals surface area contributed by atoms with Crippen LogP contribution in [0.5, 0.6) is 0 Å². The standard InChI is InChI=1S/2C15H19NO4/c2*1-11-13(14(17)18)8-5-9-16(11)15(19)20-10-12-6-3-2-4-7-12/h2*2-4,6-7,11,13H,5,8-10H2,1H3,(H,17,18)/p-2/t2*11-,13-/m10/s1. The number of rotatable bonds is 6. The van der Waals surface area contributed by atoms with Gasteiger partial charge in [0.1, 0.15) is 13.2 Å². The number of benzene rings is 2. The number of ether oxygens (including phenoxy) is 2. The first-order valence-electron chi connectivity index (χ1n) is 13.6. The molecule has 0 saturated carbocycles. The zero-order valence-corrected chi connectivity index (χ0v) is 22.9. The van der Waals surface area contributed by atoms with Gasteiger partial charge in [-0.05, 0) is 50.7 Å². The molecule has 0 aliphatic carbocycles. The maximum atomic E-state index is 12.0. The largest absolute Gasteiger partial charge is 0.550 e. The Kier molecular flexibility index (Phi) is 11.4. The first-order valence-corrected chi connectivity index (χ1v) is 13.6. The van der Waals surface area contributed by atoms with Crippen LogP contribution in [0.4, 0.5) is 9.59 Å². The number of likely N-dealkylation sites (tertiary alicyclic amines) is 2. The third-order valence-corrected chi connectivity index (χ3v) is 7.46. The first-order chi connectivity index (χ1) is 19.2. The van der Waals surface area contributed by atoms with E-state index in [2.05, 4.69) is 0 Å². The Morgan fingerprint density at radius 3 is 1.35 bits per heavy atom. The summed E-state index contributed by atoms with van der Waals surface area (Å²) in [5.74, 6) is -3.43. The van der Waals surface area contributed by atoms with Crippen LogP contribution in [-0.4, -0.2) is 59.1 Å². The van der Waals surface area contributed by atoms with Gasteiger partial charge in [0.2, 0.25) is 0 Å². The molecule has 216 valence electrons. The number of aliphatic carboxylic acids is 2. The lowest BCUT2D eigenvalue weighted by molar-refractivity contribution is -0.315. The van der Waals surface area contributed by atoms with E-state index in [1.165, 1.54) is 9.80 Å². The van der Waals surface area contributed by atoms with E-state index in [1.54, 1.807) is 13.8 Å². The zero-order chi connectivity index (χ0) is 29.1.